The van der Waals surface area contributed by atoms with Gasteiger partial charge in [0.25, 0.3) is 5.91 Å². The maximum Gasteiger partial charge on any atom is 0.269 e. The number of nitrogens with one attached hydrogen (secondary N) is 2. The Balaban J connectivity index is 1.45. The lowest BCUT2D eigenvalue weighted by molar-refractivity contribution is 0.0962. The molecular formula is C23H28N4O3S2. The number of thiazole rings is 1. The number of sulfonamides is 1. The number of aromatic nitrogens is 1. The molecule has 1 fully saturated rings. The molecule has 0 bridgehead atoms. The molecule has 4 rings (SSSR count). The molecule has 1 aliphatic rings. The highest BCUT2D eigenvalue weighted by Gasteiger charge is 2.32. The van der Waals surface area contributed by atoms with Gasteiger partial charge in [-0.3, -0.25) is 15.6 Å². The van der Waals surface area contributed by atoms with Gasteiger partial charge in [-0.1, -0.05) is 30.7 Å². The van der Waals surface area contributed by atoms with Crippen molar-refractivity contribution in [1.82, 2.24) is 14.7 Å². The zero-order valence-electron chi connectivity index (χ0n) is 18.5. The van der Waals surface area contributed by atoms with Crippen molar-refractivity contribution in [1.29, 1.82) is 0 Å². The van der Waals surface area contributed by atoms with Gasteiger partial charge in [0, 0.05) is 18.2 Å². The lowest BCUT2D eigenvalue weighted by atomic mass is 10.0. The summed E-state index contributed by atoms with van der Waals surface area (Å²) >= 11 is 1.47. The Bertz CT molecular complexity index is 1240. The summed E-state index contributed by atoms with van der Waals surface area (Å²) in [7, 11) is -3.57. The number of anilines is 1. The molecule has 1 atom stereocenters. The Labute approximate surface area is 192 Å². The van der Waals surface area contributed by atoms with Crippen LogP contribution in [-0.2, 0) is 10.0 Å². The highest BCUT2D eigenvalue weighted by atomic mass is 32.2. The molecule has 3 aromatic rings. The number of nitrogens with zero attached hydrogens (tertiary/aromatic N) is 2. The average Bonchev–Trinajstić information content (AvgIpc) is 3.20. The third-order valence-corrected chi connectivity index (χ3v) is 8.96. The molecule has 0 unspecified atom stereocenters. The molecule has 1 aliphatic heterocycles. The van der Waals surface area contributed by atoms with Crippen LogP contribution < -0.4 is 10.9 Å². The first-order valence-electron chi connectivity index (χ1n) is 10.9. The average molecular weight is 473 g/mol. The van der Waals surface area contributed by atoms with Crippen LogP contribution >= 0.6 is 11.3 Å². The summed E-state index contributed by atoms with van der Waals surface area (Å²) in [5.74, 6) is -0.356. The van der Waals surface area contributed by atoms with E-state index in [0.29, 0.717) is 17.2 Å². The van der Waals surface area contributed by atoms with Crippen LogP contribution in [0.1, 0.15) is 54.1 Å². The second-order valence-corrected chi connectivity index (χ2v) is 11.1. The van der Waals surface area contributed by atoms with Gasteiger partial charge in [0.2, 0.25) is 15.2 Å². The molecular weight excluding hydrogens is 444 g/mol. The molecule has 0 radical (unpaired) electrons. The minimum absolute atomic E-state index is 0.0437. The predicted octanol–water partition coefficient (Wildman–Crippen LogP) is 4.62. The van der Waals surface area contributed by atoms with Gasteiger partial charge < -0.3 is 0 Å². The Morgan fingerprint density at radius 3 is 2.66 bits per heavy atom. The molecule has 1 saturated heterocycles. The number of hydrogen-bond acceptors (Lipinski definition) is 6. The molecule has 2 N–H and O–H groups in total. The molecule has 0 aliphatic carbocycles. The highest BCUT2D eigenvalue weighted by molar-refractivity contribution is 7.89. The fraction of sp³-hybridized carbons (Fsp3) is 0.391. The first-order chi connectivity index (χ1) is 15.3. The van der Waals surface area contributed by atoms with Crippen LogP contribution in [0.4, 0.5) is 5.13 Å². The van der Waals surface area contributed by atoms with Gasteiger partial charge in [0.05, 0.1) is 15.1 Å². The van der Waals surface area contributed by atoms with Gasteiger partial charge in [0.15, 0.2) is 0 Å². The number of aryl methyl sites for hydroxylation is 2. The van der Waals surface area contributed by atoms with Gasteiger partial charge in [-0.15, -0.1) is 0 Å². The van der Waals surface area contributed by atoms with Crippen molar-refractivity contribution < 1.29 is 13.2 Å². The van der Waals surface area contributed by atoms with E-state index in [4.69, 9.17) is 0 Å². The second kappa shape index (κ2) is 9.17. The molecule has 170 valence electrons. The number of fused-ring (bicyclic) bond motifs is 1. The van der Waals surface area contributed by atoms with Gasteiger partial charge >= 0.3 is 0 Å². The van der Waals surface area contributed by atoms with E-state index in [0.717, 1.165) is 47.0 Å². The number of rotatable bonds is 6. The number of hydrazine groups is 1. The Morgan fingerprint density at radius 2 is 1.94 bits per heavy atom. The summed E-state index contributed by atoms with van der Waals surface area (Å²) < 4.78 is 28.9. The summed E-state index contributed by atoms with van der Waals surface area (Å²) in [6.45, 7) is 6.64. The molecule has 1 aromatic heterocycles. The summed E-state index contributed by atoms with van der Waals surface area (Å²) in [5.41, 5.74) is 9.06. The maximum absolute atomic E-state index is 13.1. The van der Waals surface area contributed by atoms with Crippen molar-refractivity contribution in [3.8, 4) is 0 Å². The summed E-state index contributed by atoms with van der Waals surface area (Å²) in [5, 5.41) is 0.594. The quantitative estimate of drug-likeness (QED) is 0.511. The minimum atomic E-state index is -3.57. The number of carbonyl (C=O) groups is 1. The fourth-order valence-electron chi connectivity index (χ4n) is 4.22. The number of piperidine rings is 1. The first-order valence-corrected chi connectivity index (χ1v) is 13.1. The van der Waals surface area contributed by atoms with Crippen LogP contribution in [0.25, 0.3) is 10.2 Å². The fourth-order valence-corrected chi connectivity index (χ4v) is 6.86. The van der Waals surface area contributed by atoms with Crippen molar-refractivity contribution in [3.05, 3.63) is 53.1 Å². The SMILES string of the molecule is CC[C@@H]1CCCCN1S(=O)(=O)c1ccc(C(=O)NNc2nc3cc(C)cc(C)c3s2)cc1. The molecule has 9 heteroatoms. The molecule has 1 amide bonds. The van der Waals surface area contributed by atoms with Gasteiger partial charge in [-0.05, 0) is 74.6 Å². The van der Waals surface area contributed by atoms with E-state index in [1.807, 2.05) is 26.8 Å². The zero-order valence-corrected chi connectivity index (χ0v) is 20.1. The van der Waals surface area contributed by atoms with E-state index < -0.39 is 10.0 Å². The highest BCUT2D eigenvalue weighted by Crippen LogP contribution is 2.30. The van der Waals surface area contributed by atoms with E-state index in [9.17, 15) is 13.2 Å². The summed E-state index contributed by atoms with van der Waals surface area (Å²) in [4.78, 5) is 17.3. The van der Waals surface area contributed by atoms with E-state index >= 15 is 0 Å². The molecule has 32 heavy (non-hydrogen) atoms. The maximum atomic E-state index is 13.1. The van der Waals surface area contributed by atoms with Crippen molar-refractivity contribution in [2.75, 3.05) is 12.0 Å². The summed E-state index contributed by atoms with van der Waals surface area (Å²) in [6.07, 6.45) is 3.64. The third-order valence-electron chi connectivity index (χ3n) is 5.87. The molecule has 0 spiro atoms. The Kier molecular flexibility index (Phi) is 6.50. The van der Waals surface area contributed by atoms with Crippen LogP contribution in [0, 0.1) is 13.8 Å². The second-order valence-electron chi connectivity index (χ2n) is 8.23. The lowest BCUT2D eigenvalue weighted by Crippen LogP contribution is -2.43. The van der Waals surface area contributed by atoms with Crippen LogP contribution in [0.15, 0.2) is 41.3 Å². The van der Waals surface area contributed by atoms with Crippen molar-refractivity contribution in [2.24, 2.45) is 0 Å². The molecule has 0 saturated carbocycles. The van der Waals surface area contributed by atoms with Crippen LogP contribution in [0.3, 0.4) is 0 Å². The summed E-state index contributed by atoms with van der Waals surface area (Å²) in [6, 6.07) is 10.3. The largest absolute Gasteiger partial charge is 0.273 e. The number of hydrogen-bond donors (Lipinski definition) is 2. The lowest BCUT2D eigenvalue weighted by Gasteiger charge is -2.34. The smallest absolute Gasteiger partial charge is 0.269 e. The van der Waals surface area contributed by atoms with E-state index in [2.05, 4.69) is 21.9 Å². The van der Waals surface area contributed by atoms with Crippen molar-refractivity contribution in [3.63, 3.8) is 0 Å². The van der Waals surface area contributed by atoms with Crippen LogP contribution in [-0.4, -0.2) is 36.2 Å². The zero-order chi connectivity index (χ0) is 22.9. The van der Waals surface area contributed by atoms with E-state index in [1.54, 1.807) is 16.4 Å². The Morgan fingerprint density at radius 1 is 1.19 bits per heavy atom. The number of carbonyl (C=O) groups excluding carboxylic acids is 1. The number of amides is 1. The normalized spacial score (nSPS) is 17.4. The van der Waals surface area contributed by atoms with Gasteiger partial charge in [0.1, 0.15) is 0 Å². The van der Waals surface area contributed by atoms with E-state index in [-0.39, 0.29) is 16.8 Å². The number of benzene rings is 2. The molecule has 2 aromatic carbocycles. The van der Waals surface area contributed by atoms with Crippen molar-refractivity contribution in [2.45, 2.75) is 57.4 Å². The monoisotopic (exact) mass is 472 g/mol. The molecule has 2 heterocycles. The van der Waals surface area contributed by atoms with Crippen LogP contribution in [0.5, 0.6) is 0 Å². The van der Waals surface area contributed by atoms with Crippen molar-refractivity contribution >= 4 is 42.6 Å². The standard InChI is InChI=1S/C23H28N4O3S2/c1-4-18-7-5-6-12-27(18)32(29,30)19-10-8-17(9-11-19)22(28)25-26-23-24-20-14-15(2)13-16(3)21(20)31-23/h8-11,13-14,18H,4-7,12H2,1-3H3,(H,24,26)(H,25,28)/t18-/m1/s1. The van der Waals surface area contributed by atoms with Crippen LogP contribution in [0.2, 0.25) is 0 Å². The molecule has 7 nitrogen and oxygen atoms in total. The minimum Gasteiger partial charge on any atom is -0.273 e. The first kappa shape index (κ1) is 22.7. The third kappa shape index (κ3) is 4.51. The van der Waals surface area contributed by atoms with Gasteiger partial charge in [-0.2, -0.15) is 4.31 Å². The van der Waals surface area contributed by atoms with E-state index in [1.165, 1.54) is 23.5 Å². The Hall–Kier alpha value is -2.49. The predicted molar refractivity (Wildman–Crippen MR) is 128 cm³/mol. The van der Waals surface area contributed by atoms with Gasteiger partial charge in [-0.25, -0.2) is 13.4 Å². The topological polar surface area (TPSA) is 91.4 Å².